The second-order valence-electron chi connectivity index (χ2n) is 4.83. The molecule has 0 aliphatic carbocycles. The number of nitrogens with two attached hydrogens (primary N) is 1. The van der Waals surface area contributed by atoms with Crippen molar-refractivity contribution in [3.63, 3.8) is 0 Å². The zero-order valence-electron chi connectivity index (χ0n) is 9.73. The van der Waals surface area contributed by atoms with E-state index in [4.69, 9.17) is 18.0 Å². The van der Waals surface area contributed by atoms with Crippen LogP contribution < -0.4 is 11.1 Å². The van der Waals surface area contributed by atoms with Crippen LogP contribution >= 0.6 is 12.2 Å². The molecule has 4 heteroatoms. The summed E-state index contributed by atoms with van der Waals surface area (Å²) in [6.45, 7) is 2.29. The van der Waals surface area contributed by atoms with Gasteiger partial charge in [-0.05, 0) is 36.2 Å². The number of hydrogen-bond acceptors (Lipinski definition) is 2. The predicted octanol–water partition coefficient (Wildman–Crippen LogP) is 1.19. The minimum absolute atomic E-state index is 0.369. The van der Waals surface area contributed by atoms with Gasteiger partial charge in [0, 0.05) is 19.1 Å². The number of rotatable bonds is 1. The van der Waals surface area contributed by atoms with Crippen molar-refractivity contribution in [3.05, 3.63) is 35.4 Å². The van der Waals surface area contributed by atoms with Crippen LogP contribution in [0.1, 0.15) is 23.6 Å². The molecular weight excluding hydrogens is 230 g/mol. The Morgan fingerprint density at radius 1 is 1.35 bits per heavy atom. The second kappa shape index (κ2) is 4.27. The summed E-state index contributed by atoms with van der Waals surface area (Å²) < 4.78 is 0. The third kappa shape index (κ3) is 1.91. The second-order valence-corrected chi connectivity index (χ2v) is 5.27. The van der Waals surface area contributed by atoms with Gasteiger partial charge >= 0.3 is 0 Å². The zero-order chi connectivity index (χ0) is 11.8. The smallest absolute Gasteiger partial charge is 0.163 e. The summed E-state index contributed by atoms with van der Waals surface area (Å²) in [5, 5.41) is 3.67. The average molecular weight is 247 g/mol. The molecule has 2 aliphatic rings. The number of thiocarbonyl (C=S) groups is 1. The van der Waals surface area contributed by atoms with Crippen LogP contribution in [0.2, 0.25) is 0 Å². The topological polar surface area (TPSA) is 41.3 Å². The summed E-state index contributed by atoms with van der Waals surface area (Å²) in [7, 11) is 0. The maximum absolute atomic E-state index is 5.62. The van der Waals surface area contributed by atoms with E-state index < -0.39 is 0 Å². The van der Waals surface area contributed by atoms with Crippen molar-refractivity contribution in [3.8, 4) is 0 Å². The van der Waals surface area contributed by atoms with Crippen molar-refractivity contribution >= 4 is 17.3 Å². The van der Waals surface area contributed by atoms with Gasteiger partial charge in [0.2, 0.25) is 0 Å². The van der Waals surface area contributed by atoms with Crippen LogP contribution in [0.5, 0.6) is 0 Å². The fraction of sp³-hybridized carbons (Fsp3) is 0.462. The van der Waals surface area contributed by atoms with Crippen molar-refractivity contribution in [2.24, 2.45) is 5.73 Å². The molecule has 1 aromatic rings. The van der Waals surface area contributed by atoms with Gasteiger partial charge in [0.05, 0.1) is 6.04 Å². The lowest BCUT2D eigenvalue weighted by atomic mass is 9.91. The Kier molecular flexibility index (Phi) is 2.76. The first-order valence-corrected chi connectivity index (χ1v) is 6.54. The van der Waals surface area contributed by atoms with Crippen LogP contribution in [0.15, 0.2) is 24.3 Å². The SMILES string of the molecule is NC(=S)NC1CCN2CCc3ccccc3C12. The molecule has 90 valence electrons. The third-order valence-corrected chi connectivity index (χ3v) is 3.99. The fourth-order valence-electron chi connectivity index (χ4n) is 3.17. The van der Waals surface area contributed by atoms with E-state index in [1.54, 1.807) is 0 Å². The van der Waals surface area contributed by atoms with Crippen LogP contribution in [-0.2, 0) is 6.42 Å². The molecule has 0 bridgehead atoms. The van der Waals surface area contributed by atoms with Crippen LogP contribution in [0, 0.1) is 0 Å². The molecule has 2 atom stereocenters. The summed E-state index contributed by atoms with van der Waals surface area (Å²) >= 11 is 4.97. The van der Waals surface area contributed by atoms with Gasteiger partial charge in [-0.15, -0.1) is 0 Å². The Balaban J connectivity index is 1.93. The summed E-state index contributed by atoms with van der Waals surface area (Å²) in [5.74, 6) is 0. The molecule has 0 spiro atoms. The molecule has 2 unspecified atom stereocenters. The maximum Gasteiger partial charge on any atom is 0.163 e. The lowest BCUT2D eigenvalue weighted by molar-refractivity contribution is 0.230. The largest absolute Gasteiger partial charge is 0.376 e. The molecule has 1 saturated heterocycles. The monoisotopic (exact) mass is 247 g/mol. The first-order chi connectivity index (χ1) is 8.25. The Labute approximate surface area is 107 Å². The lowest BCUT2D eigenvalue weighted by Gasteiger charge is -2.34. The van der Waals surface area contributed by atoms with E-state index in [2.05, 4.69) is 34.5 Å². The van der Waals surface area contributed by atoms with E-state index >= 15 is 0 Å². The van der Waals surface area contributed by atoms with Crippen molar-refractivity contribution in [2.45, 2.75) is 24.9 Å². The Morgan fingerprint density at radius 2 is 2.18 bits per heavy atom. The standard InChI is InChI=1S/C13H17N3S/c14-13(17)15-11-6-8-16-7-5-9-3-1-2-4-10(9)12(11)16/h1-4,11-12H,5-8H2,(H3,14,15,17). The Hall–Kier alpha value is -1.13. The average Bonchev–Trinajstić information content (AvgIpc) is 2.72. The highest BCUT2D eigenvalue weighted by atomic mass is 32.1. The molecule has 3 rings (SSSR count). The number of fused-ring (bicyclic) bond motifs is 3. The van der Waals surface area contributed by atoms with Gasteiger partial charge in [-0.1, -0.05) is 24.3 Å². The minimum Gasteiger partial charge on any atom is -0.376 e. The van der Waals surface area contributed by atoms with Gasteiger partial charge in [0.25, 0.3) is 0 Å². The van der Waals surface area contributed by atoms with Gasteiger partial charge in [-0.25, -0.2) is 0 Å². The van der Waals surface area contributed by atoms with Gasteiger partial charge in [0.15, 0.2) is 5.11 Å². The highest BCUT2D eigenvalue weighted by Crippen LogP contribution is 2.37. The molecule has 3 N–H and O–H groups in total. The molecule has 2 heterocycles. The molecular formula is C13H17N3S. The van der Waals surface area contributed by atoms with E-state index in [9.17, 15) is 0 Å². The normalized spacial score (nSPS) is 27.3. The van der Waals surface area contributed by atoms with Crippen molar-refractivity contribution in [1.29, 1.82) is 0 Å². The van der Waals surface area contributed by atoms with Crippen LogP contribution in [0.4, 0.5) is 0 Å². The third-order valence-electron chi connectivity index (χ3n) is 3.87. The molecule has 0 aromatic heterocycles. The van der Waals surface area contributed by atoms with Crippen molar-refractivity contribution in [1.82, 2.24) is 10.2 Å². The van der Waals surface area contributed by atoms with E-state index in [0.717, 1.165) is 25.9 Å². The summed E-state index contributed by atoms with van der Waals surface area (Å²) in [4.78, 5) is 2.54. The Morgan fingerprint density at radius 3 is 3.00 bits per heavy atom. The van der Waals surface area contributed by atoms with Gasteiger partial charge in [-0.2, -0.15) is 0 Å². The summed E-state index contributed by atoms with van der Waals surface area (Å²) in [6, 6.07) is 9.54. The first kappa shape index (κ1) is 11.0. The van der Waals surface area contributed by atoms with Crippen LogP contribution in [0.25, 0.3) is 0 Å². The van der Waals surface area contributed by atoms with Gasteiger partial charge in [-0.3, -0.25) is 4.90 Å². The predicted molar refractivity (Wildman–Crippen MR) is 72.8 cm³/mol. The highest BCUT2D eigenvalue weighted by molar-refractivity contribution is 7.80. The molecule has 1 aromatic carbocycles. The maximum atomic E-state index is 5.62. The van der Waals surface area contributed by atoms with E-state index in [0.29, 0.717) is 17.2 Å². The number of benzene rings is 1. The number of hydrogen-bond donors (Lipinski definition) is 2. The lowest BCUT2D eigenvalue weighted by Crippen LogP contribution is -2.44. The zero-order valence-corrected chi connectivity index (χ0v) is 10.5. The highest BCUT2D eigenvalue weighted by Gasteiger charge is 2.38. The van der Waals surface area contributed by atoms with E-state index in [1.807, 2.05) is 0 Å². The van der Waals surface area contributed by atoms with Crippen molar-refractivity contribution < 1.29 is 0 Å². The summed E-state index contributed by atoms with van der Waals surface area (Å²) in [5.41, 5.74) is 8.54. The quantitative estimate of drug-likeness (QED) is 0.732. The number of nitrogens with zero attached hydrogens (tertiary/aromatic N) is 1. The molecule has 0 amide bonds. The van der Waals surface area contributed by atoms with Crippen LogP contribution in [0.3, 0.4) is 0 Å². The number of nitrogens with one attached hydrogen (secondary N) is 1. The molecule has 0 saturated carbocycles. The van der Waals surface area contributed by atoms with Crippen molar-refractivity contribution in [2.75, 3.05) is 13.1 Å². The van der Waals surface area contributed by atoms with Crippen LogP contribution in [-0.4, -0.2) is 29.1 Å². The molecule has 2 aliphatic heterocycles. The van der Waals surface area contributed by atoms with E-state index in [1.165, 1.54) is 11.1 Å². The van der Waals surface area contributed by atoms with Gasteiger partial charge in [0.1, 0.15) is 0 Å². The molecule has 1 fully saturated rings. The minimum atomic E-state index is 0.369. The van der Waals surface area contributed by atoms with E-state index in [-0.39, 0.29) is 0 Å². The Bertz CT molecular complexity index is 446. The summed E-state index contributed by atoms with van der Waals surface area (Å²) in [6.07, 6.45) is 2.28. The van der Waals surface area contributed by atoms with Gasteiger partial charge < -0.3 is 11.1 Å². The molecule has 17 heavy (non-hydrogen) atoms. The molecule has 0 radical (unpaired) electrons. The first-order valence-electron chi connectivity index (χ1n) is 6.13. The fourth-order valence-corrected chi connectivity index (χ4v) is 3.32. The molecule has 3 nitrogen and oxygen atoms in total.